The summed E-state index contributed by atoms with van der Waals surface area (Å²) < 4.78 is 6.05. The summed E-state index contributed by atoms with van der Waals surface area (Å²) in [6.45, 7) is 5.04. The van der Waals surface area contributed by atoms with Crippen LogP contribution in [-0.2, 0) is 6.42 Å². The van der Waals surface area contributed by atoms with Crippen molar-refractivity contribution in [2.24, 2.45) is 0 Å². The quantitative estimate of drug-likeness (QED) is 0.704. The van der Waals surface area contributed by atoms with Gasteiger partial charge in [-0.15, -0.1) is 0 Å². The van der Waals surface area contributed by atoms with Gasteiger partial charge in [0.05, 0.1) is 13.2 Å². The fourth-order valence-electron chi connectivity index (χ4n) is 2.74. The van der Waals surface area contributed by atoms with Gasteiger partial charge in [-0.05, 0) is 50.6 Å². The third-order valence-corrected chi connectivity index (χ3v) is 4.77. The second-order valence-corrected chi connectivity index (χ2v) is 7.52. The van der Waals surface area contributed by atoms with Crippen molar-refractivity contribution in [3.05, 3.63) is 63.6 Å². The third kappa shape index (κ3) is 4.52. The summed E-state index contributed by atoms with van der Waals surface area (Å²) in [4.78, 5) is 26.1. The topological polar surface area (TPSA) is 82.4 Å². The molecule has 2 aromatic carbocycles. The number of methoxy groups -OCH3 is 1. The molecule has 0 fully saturated rings. The maximum Gasteiger partial charge on any atom is 0.273 e. The summed E-state index contributed by atoms with van der Waals surface area (Å²) >= 11 is 3.33. The molecule has 28 heavy (non-hydrogen) atoms. The van der Waals surface area contributed by atoms with Crippen molar-refractivity contribution >= 4 is 27.7 Å². The number of halogens is 1. The molecule has 0 saturated carbocycles. The summed E-state index contributed by atoms with van der Waals surface area (Å²) in [5.41, 5.74) is 2.82. The first kappa shape index (κ1) is 21.5. The minimum atomic E-state index is -1.26. The standard InChI is InChI=1S/C21H22BrN3O3/c1-5-16-17(10-7-11-18(16)28-4)19(26)24-25(21(2,3)13-23)20(27)14-8-6-9-15(22)12-14/h6-12H,5H2,1-4H3,(H,24,26). The monoisotopic (exact) mass is 443 g/mol. The maximum absolute atomic E-state index is 13.1. The van der Waals surface area contributed by atoms with E-state index in [1.807, 2.05) is 6.92 Å². The van der Waals surface area contributed by atoms with Crippen LogP contribution in [0.25, 0.3) is 0 Å². The number of amides is 2. The minimum absolute atomic E-state index is 0.347. The summed E-state index contributed by atoms with van der Waals surface area (Å²) in [6, 6.07) is 14.0. The van der Waals surface area contributed by atoms with Crippen LogP contribution in [0.4, 0.5) is 0 Å². The smallest absolute Gasteiger partial charge is 0.273 e. The molecular formula is C21H22BrN3O3. The number of nitrogens with zero attached hydrogens (tertiary/aromatic N) is 2. The average molecular weight is 444 g/mol. The molecule has 1 N–H and O–H groups in total. The zero-order valence-electron chi connectivity index (χ0n) is 16.2. The Balaban J connectivity index is 2.43. The van der Waals surface area contributed by atoms with Gasteiger partial charge in [0, 0.05) is 21.2 Å². The van der Waals surface area contributed by atoms with Crippen molar-refractivity contribution in [3.8, 4) is 11.8 Å². The van der Waals surface area contributed by atoms with E-state index in [0.717, 1.165) is 15.0 Å². The van der Waals surface area contributed by atoms with Crippen LogP contribution < -0.4 is 10.2 Å². The van der Waals surface area contributed by atoms with Crippen LogP contribution in [0.3, 0.4) is 0 Å². The molecule has 0 aliphatic heterocycles. The van der Waals surface area contributed by atoms with Gasteiger partial charge in [-0.3, -0.25) is 15.0 Å². The molecule has 0 unspecified atom stereocenters. The molecular weight excluding hydrogens is 422 g/mol. The van der Waals surface area contributed by atoms with Crippen LogP contribution in [-0.4, -0.2) is 29.5 Å². The van der Waals surface area contributed by atoms with Crippen LogP contribution in [0.5, 0.6) is 5.75 Å². The Bertz CT molecular complexity index is 935. The van der Waals surface area contributed by atoms with E-state index >= 15 is 0 Å². The minimum Gasteiger partial charge on any atom is -0.496 e. The maximum atomic E-state index is 13.1. The van der Waals surface area contributed by atoms with Gasteiger partial charge in [0.2, 0.25) is 0 Å². The van der Waals surface area contributed by atoms with E-state index in [0.29, 0.717) is 23.3 Å². The Morgan fingerprint density at radius 2 is 1.93 bits per heavy atom. The molecule has 0 aliphatic carbocycles. The van der Waals surface area contributed by atoms with Crippen molar-refractivity contribution in [2.45, 2.75) is 32.7 Å². The number of benzene rings is 2. The van der Waals surface area contributed by atoms with E-state index in [1.165, 1.54) is 7.11 Å². The normalized spacial score (nSPS) is 10.7. The average Bonchev–Trinajstić information content (AvgIpc) is 2.70. The molecule has 0 aliphatic rings. The van der Waals surface area contributed by atoms with E-state index in [9.17, 15) is 14.9 Å². The van der Waals surface area contributed by atoms with Crippen LogP contribution in [0.1, 0.15) is 47.1 Å². The fraction of sp³-hybridized carbons (Fsp3) is 0.286. The highest BCUT2D eigenvalue weighted by molar-refractivity contribution is 9.10. The molecule has 2 amide bonds. The van der Waals surface area contributed by atoms with E-state index in [-0.39, 0.29) is 0 Å². The Hall–Kier alpha value is -2.85. The van der Waals surface area contributed by atoms with Gasteiger partial charge in [0.15, 0.2) is 0 Å². The number of hydrazine groups is 1. The second kappa shape index (κ2) is 8.89. The highest BCUT2D eigenvalue weighted by Gasteiger charge is 2.34. The summed E-state index contributed by atoms with van der Waals surface area (Å²) in [5, 5.41) is 10.6. The molecule has 0 heterocycles. The van der Waals surface area contributed by atoms with Crippen LogP contribution in [0.2, 0.25) is 0 Å². The van der Waals surface area contributed by atoms with E-state index in [1.54, 1.807) is 56.3 Å². The molecule has 6 nitrogen and oxygen atoms in total. The van der Waals surface area contributed by atoms with Crippen molar-refractivity contribution in [2.75, 3.05) is 7.11 Å². The van der Waals surface area contributed by atoms with Gasteiger partial charge in [0.1, 0.15) is 11.3 Å². The SMILES string of the molecule is CCc1c(OC)cccc1C(=O)NN(C(=O)c1cccc(Br)c1)C(C)(C)C#N. The first-order valence-electron chi connectivity index (χ1n) is 8.73. The summed E-state index contributed by atoms with van der Waals surface area (Å²) in [7, 11) is 1.54. The third-order valence-electron chi connectivity index (χ3n) is 4.27. The van der Waals surface area contributed by atoms with Gasteiger partial charge in [-0.25, -0.2) is 5.01 Å². The van der Waals surface area contributed by atoms with E-state index < -0.39 is 17.4 Å². The lowest BCUT2D eigenvalue weighted by Crippen LogP contribution is -2.56. The molecule has 7 heteroatoms. The van der Waals surface area contributed by atoms with Crippen LogP contribution >= 0.6 is 15.9 Å². The first-order chi connectivity index (χ1) is 13.2. The largest absolute Gasteiger partial charge is 0.496 e. The molecule has 2 rings (SSSR count). The van der Waals surface area contributed by atoms with Gasteiger partial charge < -0.3 is 4.74 Å². The number of ether oxygens (including phenoxy) is 1. The van der Waals surface area contributed by atoms with Gasteiger partial charge in [-0.1, -0.05) is 35.0 Å². The zero-order chi connectivity index (χ0) is 20.9. The van der Waals surface area contributed by atoms with E-state index in [4.69, 9.17) is 4.74 Å². The Kier molecular flexibility index (Phi) is 6.81. The summed E-state index contributed by atoms with van der Waals surface area (Å²) in [5.74, 6) is -0.371. The van der Waals surface area contributed by atoms with Crippen molar-refractivity contribution < 1.29 is 14.3 Å². The predicted octanol–water partition coefficient (Wildman–Crippen LogP) is 4.11. The number of rotatable bonds is 5. The second-order valence-electron chi connectivity index (χ2n) is 6.60. The van der Waals surface area contributed by atoms with Crippen molar-refractivity contribution in [3.63, 3.8) is 0 Å². The van der Waals surface area contributed by atoms with Crippen LogP contribution in [0.15, 0.2) is 46.9 Å². The molecule has 2 aromatic rings. The van der Waals surface area contributed by atoms with Crippen molar-refractivity contribution in [1.29, 1.82) is 5.26 Å². The molecule has 0 aromatic heterocycles. The Morgan fingerprint density at radius 3 is 2.50 bits per heavy atom. The summed E-state index contributed by atoms with van der Waals surface area (Å²) in [6.07, 6.45) is 0.577. The lowest BCUT2D eigenvalue weighted by molar-refractivity contribution is 0.0424. The lowest BCUT2D eigenvalue weighted by atomic mass is 10.0. The number of hydrogen-bond donors (Lipinski definition) is 1. The molecule has 0 bridgehead atoms. The predicted molar refractivity (Wildman–Crippen MR) is 110 cm³/mol. The number of carbonyl (C=O) groups excluding carboxylic acids is 2. The first-order valence-corrected chi connectivity index (χ1v) is 9.52. The molecule has 146 valence electrons. The fourth-order valence-corrected chi connectivity index (χ4v) is 3.14. The number of hydrogen-bond acceptors (Lipinski definition) is 4. The van der Waals surface area contributed by atoms with Crippen LogP contribution in [0, 0.1) is 11.3 Å². The Morgan fingerprint density at radius 1 is 1.25 bits per heavy atom. The molecule has 0 spiro atoms. The molecule has 0 atom stereocenters. The van der Waals surface area contributed by atoms with Gasteiger partial charge in [0.25, 0.3) is 11.8 Å². The van der Waals surface area contributed by atoms with Crippen molar-refractivity contribution in [1.82, 2.24) is 10.4 Å². The highest BCUT2D eigenvalue weighted by Crippen LogP contribution is 2.24. The lowest BCUT2D eigenvalue weighted by Gasteiger charge is -2.33. The van der Waals surface area contributed by atoms with Gasteiger partial charge >= 0.3 is 0 Å². The Labute approximate surface area is 173 Å². The number of nitriles is 1. The number of carbonyl (C=O) groups is 2. The van der Waals surface area contributed by atoms with E-state index in [2.05, 4.69) is 27.4 Å². The van der Waals surface area contributed by atoms with Gasteiger partial charge in [-0.2, -0.15) is 5.26 Å². The highest BCUT2D eigenvalue weighted by atomic mass is 79.9. The number of nitrogens with one attached hydrogen (secondary N) is 1. The molecule has 0 saturated heterocycles. The molecule has 0 radical (unpaired) electrons. The zero-order valence-corrected chi connectivity index (χ0v) is 17.8.